The highest BCUT2D eigenvalue weighted by Gasteiger charge is 2.32. The van der Waals surface area contributed by atoms with Crippen LogP contribution in [0.15, 0.2) is 83.5 Å². The zero-order valence-corrected chi connectivity index (χ0v) is 17.0. The first-order valence-electron chi connectivity index (χ1n) is 9.56. The fourth-order valence-electron chi connectivity index (χ4n) is 3.23. The van der Waals surface area contributed by atoms with Crippen LogP contribution in [0.4, 0.5) is 11.4 Å². The van der Waals surface area contributed by atoms with E-state index in [4.69, 9.17) is 4.74 Å². The van der Waals surface area contributed by atoms with Crippen molar-refractivity contribution in [1.82, 2.24) is 0 Å². The number of nitro groups is 1. The Morgan fingerprint density at radius 2 is 1.61 bits per heavy atom. The van der Waals surface area contributed by atoms with Gasteiger partial charge in [0.15, 0.2) is 0 Å². The first-order chi connectivity index (χ1) is 15.0. The van der Waals surface area contributed by atoms with Gasteiger partial charge in [-0.05, 0) is 67.1 Å². The largest absolute Gasteiger partial charge is 0.497 e. The Kier molecular flexibility index (Phi) is 5.32. The molecule has 0 radical (unpaired) electrons. The van der Waals surface area contributed by atoms with Crippen LogP contribution in [0.1, 0.15) is 16.7 Å². The molecule has 0 aliphatic carbocycles. The van der Waals surface area contributed by atoms with Crippen molar-refractivity contribution in [2.45, 2.75) is 6.92 Å². The molecule has 3 aromatic rings. The van der Waals surface area contributed by atoms with E-state index in [1.54, 1.807) is 30.2 Å². The molecule has 0 aromatic heterocycles. The van der Waals surface area contributed by atoms with Crippen LogP contribution in [0.25, 0.3) is 6.08 Å². The topological polar surface area (TPSA) is 85.0 Å². The van der Waals surface area contributed by atoms with Crippen molar-refractivity contribution < 1.29 is 14.5 Å². The second kappa shape index (κ2) is 8.23. The zero-order valence-electron chi connectivity index (χ0n) is 17.0. The number of carbonyl (C=O) groups excluding carboxylic acids is 1. The number of aliphatic imine (C=N–C) groups is 1. The van der Waals surface area contributed by atoms with Gasteiger partial charge in [0.2, 0.25) is 0 Å². The number of carbonyl (C=O) groups is 1. The summed E-state index contributed by atoms with van der Waals surface area (Å²) in [5.41, 5.74) is 3.44. The van der Waals surface area contributed by atoms with Crippen molar-refractivity contribution in [3.63, 3.8) is 0 Å². The monoisotopic (exact) mass is 413 g/mol. The molecular formula is C24H19N3O4. The molecule has 1 aliphatic rings. The third-order valence-electron chi connectivity index (χ3n) is 4.91. The Morgan fingerprint density at radius 1 is 0.968 bits per heavy atom. The quantitative estimate of drug-likeness (QED) is 0.343. The van der Waals surface area contributed by atoms with Gasteiger partial charge in [0.25, 0.3) is 11.6 Å². The molecule has 7 nitrogen and oxygen atoms in total. The second-order valence-electron chi connectivity index (χ2n) is 7.02. The minimum Gasteiger partial charge on any atom is -0.497 e. The molecule has 0 N–H and O–H groups in total. The molecule has 1 heterocycles. The summed E-state index contributed by atoms with van der Waals surface area (Å²) < 4.78 is 5.22. The molecule has 4 rings (SSSR count). The maximum absolute atomic E-state index is 13.3. The molecule has 0 spiro atoms. The van der Waals surface area contributed by atoms with E-state index in [1.807, 2.05) is 55.5 Å². The number of non-ortho nitro benzene ring substituents is 1. The molecule has 154 valence electrons. The molecule has 0 saturated carbocycles. The lowest BCUT2D eigenvalue weighted by Crippen LogP contribution is -2.32. The summed E-state index contributed by atoms with van der Waals surface area (Å²) in [7, 11) is 1.59. The van der Waals surface area contributed by atoms with E-state index in [0.717, 1.165) is 11.1 Å². The molecule has 1 aliphatic heterocycles. The number of nitro benzene ring substituents is 1. The van der Waals surface area contributed by atoms with Crippen LogP contribution in [-0.4, -0.2) is 23.8 Å². The number of aryl methyl sites for hydroxylation is 1. The van der Waals surface area contributed by atoms with Gasteiger partial charge >= 0.3 is 0 Å². The summed E-state index contributed by atoms with van der Waals surface area (Å²) in [5.74, 6) is 0.940. The van der Waals surface area contributed by atoms with Crippen LogP contribution in [0.5, 0.6) is 5.75 Å². The summed E-state index contributed by atoms with van der Waals surface area (Å²) >= 11 is 0. The van der Waals surface area contributed by atoms with E-state index < -0.39 is 4.92 Å². The molecule has 0 saturated heterocycles. The molecule has 0 atom stereocenters. The number of amidine groups is 1. The van der Waals surface area contributed by atoms with Gasteiger partial charge in [0.05, 0.1) is 17.7 Å². The van der Waals surface area contributed by atoms with E-state index in [0.29, 0.717) is 22.8 Å². The van der Waals surface area contributed by atoms with E-state index in [9.17, 15) is 14.9 Å². The Hall–Kier alpha value is -4.26. The molecule has 0 bridgehead atoms. The predicted octanol–water partition coefficient (Wildman–Crippen LogP) is 4.75. The van der Waals surface area contributed by atoms with Crippen molar-refractivity contribution in [3.8, 4) is 5.75 Å². The van der Waals surface area contributed by atoms with E-state index >= 15 is 0 Å². The summed E-state index contributed by atoms with van der Waals surface area (Å²) in [6.45, 7) is 1.98. The lowest BCUT2D eigenvalue weighted by molar-refractivity contribution is -0.384. The fraction of sp³-hybridized carbons (Fsp3) is 0.0833. The van der Waals surface area contributed by atoms with E-state index in [2.05, 4.69) is 4.99 Å². The Bertz CT molecular complexity index is 1200. The number of ether oxygens (including phenoxy) is 1. The highest BCUT2D eigenvalue weighted by molar-refractivity contribution is 6.33. The summed E-state index contributed by atoms with van der Waals surface area (Å²) in [4.78, 5) is 29.9. The first-order valence-corrected chi connectivity index (χ1v) is 9.56. The van der Waals surface area contributed by atoms with Crippen molar-refractivity contribution >= 4 is 29.2 Å². The Balaban J connectivity index is 1.77. The average molecular weight is 413 g/mol. The van der Waals surface area contributed by atoms with Crippen LogP contribution in [0.3, 0.4) is 0 Å². The van der Waals surface area contributed by atoms with Gasteiger partial charge in [-0.2, -0.15) is 0 Å². The molecular weight excluding hydrogens is 394 g/mol. The summed E-state index contributed by atoms with van der Waals surface area (Å²) in [5, 5.41) is 10.9. The standard InChI is InChI=1S/C24H19N3O4/c1-16-3-9-19(10-4-16)26-23(18-7-13-21(31-2)14-8-18)25-22(24(26)28)15-17-5-11-20(12-6-17)27(29)30/h3-15H,1-2H3/b22-15+. The fourth-order valence-corrected chi connectivity index (χ4v) is 3.23. The smallest absolute Gasteiger partial charge is 0.282 e. The highest BCUT2D eigenvalue weighted by atomic mass is 16.6. The maximum atomic E-state index is 13.3. The SMILES string of the molecule is COc1ccc(C2=N/C(=C/c3ccc([N+](=O)[O-])cc3)C(=O)N2c2ccc(C)cc2)cc1. The summed E-state index contributed by atoms with van der Waals surface area (Å²) in [6.07, 6.45) is 1.63. The van der Waals surface area contributed by atoms with Gasteiger partial charge in [-0.3, -0.25) is 19.8 Å². The van der Waals surface area contributed by atoms with Crippen LogP contribution >= 0.6 is 0 Å². The minimum atomic E-state index is -0.462. The molecule has 3 aromatic carbocycles. The number of methoxy groups -OCH3 is 1. The minimum absolute atomic E-state index is 0.0106. The van der Waals surface area contributed by atoms with Gasteiger partial charge in [-0.1, -0.05) is 17.7 Å². The molecule has 0 unspecified atom stereocenters. The van der Waals surface area contributed by atoms with Crippen molar-refractivity contribution in [3.05, 3.63) is 105 Å². The van der Waals surface area contributed by atoms with Gasteiger partial charge in [-0.25, -0.2) is 4.99 Å². The lowest BCUT2D eigenvalue weighted by Gasteiger charge is -2.19. The molecule has 7 heteroatoms. The van der Waals surface area contributed by atoms with Crippen molar-refractivity contribution in [2.24, 2.45) is 4.99 Å². The van der Waals surface area contributed by atoms with Crippen molar-refractivity contribution in [1.29, 1.82) is 0 Å². The third-order valence-corrected chi connectivity index (χ3v) is 4.91. The van der Waals surface area contributed by atoms with Crippen LogP contribution in [0, 0.1) is 17.0 Å². The molecule has 1 amide bonds. The number of anilines is 1. The van der Waals surface area contributed by atoms with Gasteiger partial charge in [-0.15, -0.1) is 0 Å². The second-order valence-corrected chi connectivity index (χ2v) is 7.02. The maximum Gasteiger partial charge on any atom is 0.282 e. The zero-order chi connectivity index (χ0) is 22.0. The summed E-state index contributed by atoms with van der Waals surface area (Å²) in [6, 6.07) is 20.9. The first kappa shape index (κ1) is 20.0. The number of hydrogen-bond donors (Lipinski definition) is 0. The number of benzene rings is 3. The Labute approximate surface area is 179 Å². The number of hydrogen-bond acceptors (Lipinski definition) is 5. The Morgan fingerprint density at radius 3 is 2.19 bits per heavy atom. The van der Waals surface area contributed by atoms with E-state index in [-0.39, 0.29) is 17.3 Å². The van der Waals surface area contributed by atoms with Gasteiger partial charge in [0, 0.05) is 17.7 Å². The lowest BCUT2D eigenvalue weighted by atomic mass is 10.1. The molecule has 31 heavy (non-hydrogen) atoms. The molecule has 0 fully saturated rings. The van der Waals surface area contributed by atoms with Gasteiger partial charge in [0.1, 0.15) is 17.3 Å². The van der Waals surface area contributed by atoms with Crippen molar-refractivity contribution in [2.75, 3.05) is 12.0 Å². The highest BCUT2D eigenvalue weighted by Crippen LogP contribution is 2.29. The van der Waals surface area contributed by atoms with Crippen LogP contribution < -0.4 is 9.64 Å². The van der Waals surface area contributed by atoms with Crippen LogP contribution in [0.2, 0.25) is 0 Å². The average Bonchev–Trinajstić information content (AvgIpc) is 3.10. The number of rotatable bonds is 5. The van der Waals surface area contributed by atoms with E-state index in [1.165, 1.54) is 12.1 Å². The normalized spacial score (nSPS) is 14.6. The number of nitrogens with zero attached hydrogens (tertiary/aromatic N) is 3. The number of amides is 1. The third kappa shape index (κ3) is 4.06. The van der Waals surface area contributed by atoms with Gasteiger partial charge < -0.3 is 4.74 Å². The van der Waals surface area contributed by atoms with Crippen LogP contribution in [-0.2, 0) is 4.79 Å². The predicted molar refractivity (Wildman–Crippen MR) is 119 cm³/mol.